The Labute approximate surface area is 149 Å². The highest BCUT2D eigenvalue weighted by Crippen LogP contribution is 2.25. The zero-order valence-corrected chi connectivity index (χ0v) is 15.3. The lowest BCUT2D eigenvalue weighted by atomic mass is 10.2. The second-order valence-corrected chi connectivity index (χ2v) is 7.61. The largest absolute Gasteiger partial charge is 0.354 e. The van der Waals surface area contributed by atoms with Crippen molar-refractivity contribution in [1.29, 1.82) is 0 Å². The molecule has 1 amide bonds. The van der Waals surface area contributed by atoms with Crippen LogP contribution in [0.25, 0.3) is 5.65 Å². The fraction of sp³-hybridized carbons (Fsp3) is 0.412. The van der Waals surface area contributed by atoms with E-state index in [0.717, 1.165) is 22.9 Å². The van der Waals surface area contributed by atoms with E-state index in [1.54, 1.807) is 10.7 Å². The van der Waals surface area contributed by atoms with Gasteiger partial charge in [-0.1, -0.05) is 0 Å². The molecule has 1 saturated heterocycles. The van der Waals surface area contributed by atoms with E-state index in [0.29, 0.717) is 22.4 Å². The average molecular weight is 356 g/mol. The number of hydrogen-bond donors (Lipinski definition) is 1. The van der Waals surface area contributed by atoms with Crippen LogP contribution in [0.1, 0.15) is 40.7 Å². The predicted octanol–water partition coefficient (Wildman–Crippen LogP) is 3.04. The first-order valence-corrected chi connectivity index (χ1v) is 9.21. The second kappa shape index (κ2) is 6.11. The molecule has 1 unspecified atom stereocenters. The summed E-state index contributed by atoms with van der Waals surface area (Å²) in [6, 6.07) is 2.42. The Hall–Kier alpha value is -2.48. The van der Waals surface area contributed by atoms with Gasteiger partial charge in [-0.25, -0.2) is 14.5 Å². The van der Waals surface area contributed by atoms with E-state index in [-0.39, 0.29) is 5.91 Å². The summed E-state index contributed by atoms with van der Waals surface area (Å²) < 4.78 is 1.64. The van der Waals surface area contributed by atoms with Crippen LogP contribution < -0.4 is 10.2 Å². The van der Waals surface area contributed by atoms with Gasteiger partial charge in [0.25, 0.3) is 5.91 Å². The van der Waals surface area contributed by atoms with Crippen LogP contribution in [0.4, 0.5) is 10.9 Å². The molecule has 7 nitrogen and oxygen atoms in total. The summed E-state index contributed by atoms with van der Waals surface area (Å²) in [4.78, 5) is 25.1. The summed E-state index contributed by atoms with van der Waals surface area (Å²) in [5.74, 6) is 0.663. The van der Waals surface area contributed by atoms with Gasteiger partial charge in [0.15, 0.2) is 10.8 Å². The molecule has 1 fully saturated rings. The number of aryl methyl sites for hydroxylation is 2. The fourth-order valence-corrected chi connectivity index (χ4v) is 3.95. The van der Waals surface area contributed by atoms with Crippen molar-refractivity contribution in [3.05, 3.63) is 34.6 Å². The summed E-state index contributed by atoms with van der Waals surface area (Å²) in [5.41, 5.74) is 1.96. The Bertz CT molecular complexity index is 926. The number of carbonyl (C=O) groups is 1. The number of amides is 1. The number of aromatic nitrogens is 4. The maximum absolute atomic E-state index is 12.7. The van der Waals surface area contributed by atoms with Gasteiger partial charge < -0.3 is 4.90 Å². The molecule has 130 valence electrons. The van der Waals surface area contributed by atoms with Crippen LogP contribution in [0.15, 0.2) is 18.5 Å². The minimum absolute atomic E-state index is 0.233. The monoisotopic (exact) mass is 356 g/mol. The van der Waals surface area contributed by atoms with E-state index in [1.807, 2.05) is 26.1 Å². The number of carbonyl (C=O) groups excluding carboxylic acids is 1. The van der Waals surface area contributed by atoms with Crippen molar-refractivity contribution in [3.8, 4) is 0 Å². The third kappa shape index (κ3) is 2.86. The predicted molar refractivity (Wildman–Crippen MR) is 98.6 cm³/mol. The highest BCUT2D eigenvalue weighted by Gasteiger charge is 2.23. The smallest absolute Gasteiger partial charge is 0.262 e. The Kier molecular flexibility index (Phi) is 3.91. The van der Waals surface area contributed by atoms with Gasteiger partial charge in [0, 0.05) is 23.7 Å². The third-order valence-corrected chi connectivity index (χ3v) is 5.68. The van der Waals surface area contributed by atoms with Crippen molar-refractivity contribution < 1.29 is 4.79 Å². The summed E-state index contributed by atoms with van der Waals surface area (Å²) in [6.07, 6.45) is 5.75. The first-order chi connectivity index (χ1) is 12.0. The molecule has 0 spiro atoms. The molecule has 0 aromatic carbocycles. The Morgan fingerprint density at radius 2 is 2.20 bits per heavy atom. The van der Waals surface area contributed by atoms with Gasteiger partial charge in [-0.05, 0) is 39.7 Å². The number of anilines is 2. The fourth-order valence-electron chi connectivity index (χ4n) is 3.14. The molecule has 0 bridgehead atoms. The zero-order chi connectivity index (χ0) is 17.6. The Morgan fingerprint density at radius 1 is 1.36 bits per heavy atom. The first-order valence-electron chi connectivity index (χ1n) is 8.39. The lowest BCUT2D eigenvalue weighted by molar-refractivity contribution is 0.102. The maximum atomic E-state index is 12.7. The van der Waals surface area contributed by atoms with Gasteiger partial charge in [0.05, 0.1) is 11.9 Å². The van der Waals surface area contributed by atoms with Crippen molar-refractivity contribution in [2.75, 3.05) is 16.8 Å². The van der Waals surface area contributed by atoms with E-state index in [9.17, 15) is 4.79 Å². The third-order valence-electron chi connectivity index (χ3n) is 4.70. The van der Waals surface area contributed by atoms with E-state index in [4.69, 9.17) is 4.98 Å². The number of nitrogens with zero attached hydrogens (tertiary/aromatic N) is 5. The molecule has 25 heavy (non-hydrogen) atoms. The maximum Gasteiger partial charge on any atom is 0.262 e. The lowest BCUT2D eigenvalue weighted by Crippen LogP contribution is -2.27. The molecule has 1 N–H and O–H groups in total. The van der Waals surface area contributed by atoms with Gasteiger partial charge in [0.1, 0.15) is 11.4 Å². The summed E-state index contributed by atoms with van der Waals surface area (Å²) in [5, 5.41) is 7.71. The van der Waals surface area contributed by atoms with Gasteiger partial charge in [0.2, 0.25) is 0 Å². The van der Waals surface area contributed by atoms with Crippen molar-refractivity contribution in [2.24, 2.45) is 0 Å². The van der Waals surface area contributed by atoms with Crippen molar-refractivity contribution >= 4 is 33.8 Å². The molecule has 3 aromatic heterocycles. The first kappa shape index (κ1) is 16.0. The van der Waals surface area contributed by atoms with Crippen LogP contribution in [-0.2, 0) is 0 Å². The van der Waals surface area contributed by atoms with Gasteiger partial charge in [-0.15, -0.1) is 11.3 Å². The normalized spacial score (nSPS) is 17.4. The van der Waals surface area contributed by atoms with Crippen LogP contribution in [0, 0.1) is 13.8 Å². The SMILES string of the molecule is Cc1nc(NC(=O)c2cnn3ccc(N4CCCC4C)nc23)sc1C. The summed E-state index contributed by atoms with van der Waals surface area (Å²) in [7, 11) is 0. The molecular weight excluding hydrogens is 336 g/mol. The highest BCUT2D eigenvalue weighted by atomic mass is 32.1. The average Bonchev–Trinajstić information content (AvgIpc) is 3.26. The zero-order valence-electron chi connectivity index (χ0n) is 14.5. The summed E-state index contributed by atoms with van der Waals surface area (Å²) >= 11 is 1.47. The van der Waals surface area contributed by atoms with Crippen LogP contribution in [0.2, 0.25) is 0 Å². The molecule has 0 aliphatic carbocycles. The number of fused-ring (bicyclic) bond motifs is 1. The number of hydrogen-bond acceptors (Lipinski definition) is 6. The van der Waals surface area contributed by atoms with Crippen LogP contribution in [0.5, 0.6) is 0 Å². The molecule has 4 heterocycles. The molecule has 1 aliphatic rings. The Morgan fingerprint density at radius 3 is 2.88 bits per heavy atom. The van der Waals surface area contributed by atoms with E-state index < -0.39 is 0 Å². The van der Waals surface area contributed by atoms with E-state index >= 15 is 0 Å². The standard InChI is InChI=1S/C17H20N6OS/c1-10-5-4-7-22(10)14-6-8-23-15(20-14)13(9-18-23)16(24)21-17-19-11(2)12(3)25-17/h6,8-10H,4-5,7H2,1-3H3,(H,19,21,24). The molecule has 4 rings (SSSR count). The van der Waals surface area contributed by atoms with E-state index in [1.165, 1.54) is 24.2 Å². The van der Waals surface area contributed by atoms with Crippen LogP contribution in [-0.4, -0.2) is 38.1 Å². The minimum atomic E-state index is -0.233. The van der Waals surface area contributed by atoms with Crippen molar-refractivity contribution in [2.45, 2.75) is 39.7 Å². The van der Waals surface area contributed by atoms with E-state index in [2.05, 4.69) is 27.2 Å². The molecule has 8 heteroatoms. The van der Waals surface area contributed by atoms with Gasteiger partial charge in [-0.3, -0.25) is 10.1 Å². The summed E-state index contributed by atoms with van der Waals surface area (Å²) in [6.45, 7) is 7.12. The van der Waals surface area contributed by atoms with Gasteiger partial charge in [-0.2, -0.15) is 5.10 Å². The second-order valence-electron chi connectivity index (χ2n) is 6.41. The minimum Gasteiger partial charge on any atom is -0.354 e. The molecule has 1 atom stereocenters. The lowest BCUT2D eigenvalue weighted by Gasteiger charge is -2.22. The molecule has 1 aliphatic heterocycles. The topological polar surface area (TPSA) is 75.4 Å². The van der Waals surface area contributed by atoms with Crippen molar-refractivity contribution in [3.63, 3.8) is 0 Å². The van der Waals surface area contributed by atoms with Crippen LogP contribution >= 0.6 is 11.3 Å². The van der Waals surface area contributed by atoms with Crippen molar-refractivity contribution in [1.82, 2.24) is 19.6 Å². The van der Waals surface area contributed by atoms with Gasteiger partial charge >= 0.3 is 0 Å². The number of nitrogens with one attached hydrogen (secondary N) is 1. The van der Waals surface area contributed by atoms with Crippen LogP contribution in [0.3, 0.4) is 0 Å². The molecular formula is C17H20N6OS. The Balaban J connectivity index is 1.65. The molecule has 3 aromatic rings. The quantitative estimate of drug-likeness (QED) is 0.781. The number of rotatable bonds is 3. The number of thiazole rings is 1. The molecule has 0 saturated carbocycles. The highest BCUT2D eigenvalue weighted by molar-refractivity contribution is 7.15. The molecule has 0 radical (unpaired) electrons.